The summed E-state index contributed by atoms with van der Waals surface area (Å²) in [4.78, 5) is 0. The Morgan fingerprint density at radius 2 is 2.06 bits per heavy atom. The van der Waals surface area contributed by atoms with E-state index in [0.29, 0.717) is 19.1 Å². The van der Waals surface area contributed by atoms with Crippen molar-refractivity contribution >= 4 is 0 Å². The second-order valence-electron chi connectivity index (χ2n) is 5.91. The molecule has 0 aromatic carbocycles. The quantitative estimate of drug-likeness (QED) is 0.515. The fourth-order valence-electron chi connectivity index (χ4n) is 2.19. The molecule has 1 fully saturated rings. The number of ether oxygens (including phenoxy) is 1. The maximum atomic E-state index is 9.68. The second-order valence-corrected chi connectivity index (χ2v) is 5.91. The largest absolute Gasteiger partial charge is 0.393 e. The molecule has 1 atom stereocenters. The first kappa shape index (κ1) is 15.9. The molecular weight excluding hydrogens is 230 g/mol. The van der Waals surface area contributed by atoms with Gasteiger partial charge in [0.05, 0.1) is 18.8 Å². The van der Waals surface area contributed by atoms with Gasteiger partial charge in [-0.15, -0.1) is 0 Å². The second kappa shape index (κ2) is 8.86. The molecule has 4 nitrogen and oxygen atoms in total. The Morgan fingerprint density at radius 3 is 2.67 bits per heavy atom. The van der Waals surface area contributed by atoms with Gasteiger partial charge in [0.15, 0.2) is 0 Å². The summed E-state index contributed by atoms with van der Waals surface area (Å²) in [6.45, 7) is 7.03. The molecule has 0 spiro atoms. The van der Waals surface area contributed by atoms with Crippen molar-refractivity contribution in [2.45, 2.75) is 51.7 Å². The van der Waals surface area contributed by atoms with E-state index in [1.165, 1.54) is 6.42 Å². The van der Waals surface area contributed by atoms with Gasteiger partial charge in [-0.05, 0) is 44.1 Å². The molecule has 1 rings (SSSR count). The number of hydrogen-bond acceptors (Lipinski definition) is 4. The van der Waals surface area contributed by atoms with Crippen LogP contribution in [0.5, 0.6) is 0 Å². The zero-order chi connectivity index (χ0) is 13.4. The lowest BCUT2D eigenvalue weighted by Crippen LogP contribution is -2.39. The Labute approximate surface area is 111 Å². The minimum atomic E-state index is -0.422. The van der Waals surface area contributed by atoms with Crippen LogP contribution in [0.3, 0.4) is 0 Å². The van der Waals surface area contributed by atoms with Gasteiger partial charge < -0.3 is 20.3 Å². The maximum Gasteiger partial charge on any atom is 0.0897 e. The fraction of sp³-hybridized carbons (Fsp3) is 1.00. The molecule has 1 saturated carbocycles. The van der Waals surface area contributed by atoms with Gasteiger partial charge >= 0.3 is 0 Å². The van der Waals surface area contributed by atoms with E-state index in [1.807, 2.05) is 0 Å². The lowest BCUT2D eigenvalue weighted by atomic mass is 9.82. The van der Waals surface area contributed by atoms with E-state index in [9.17, 15) is 5.11 Å². The van der Waals surface area contributed by atoms with E-state index in [-0.39, 0.29) is 6.10 Å². The lowest BCUT2D eigenvalue weighted by Gasteiger charge is -2.31. The van der Waals surface area contributed by atoms with Crippen LogP contribution in [-0.4, -0.2) is 48.7 Å². The molecule has 18 heavy (non-hydrogen) atoms. The van der Waals surface area contributed by atoms with Crippen LogP contribution >= 0.6 is 0 Å². The zero-order valence-electron chi connectivity index (χ0n) is 11.8. The Bertz CT molecular complexity index is 205. The summed E-state index contributed by atoms with van der Waals surface area (Å²) < 4.78 is 5.43. The van der Waals surface area contributed by atoms with Crippen molar-refractivity contribution in [1.29, 1.82) is 0 Å². The molecule has 0 aromatic heterocycles. The maximum absolute atomic E-state index is 9.68. The Kier molecular flexibility index (Phi) is 7.82. The van der Waals surface area contributed by atoms with Crippen LogP contribution in [0.1, 0.15) is 39.5 Å². The minimum absolute atomic E-state index is 0.0917. The Balaban J connectivity index is 1.83. The molecule has 1 unspecified atom stereocenters. The highest BCUT2D eigenvalue weighted by Crippen LogP contribution is 2.25. The molecule has 0 aliphatic heterocycles. The van der Waals surface area contributed by atoms with E-state index in [2.05, 4.69) is 19.2 Å². The van der Waals surface area contributed by atoms with Gasteiger partial charge in [0.2, 0.25) is 0 Å². The van der Waals surface area contributed by atoms with Crippen molar-refractivity contribution in [2.75, 3.05) is 26.3 Å². The summed E-state index contributed by atoms with van der Waals surface area (Å²) in [5, 5.41) is 22.0. The topological polar surface area (TPSA) is 61.7 Å². The summed E-state index contributed by atoms with van der Waals surface area (Å²) in [6, 6.07) is 0. The van der Waals surface area contributed by atoms with Crippen molar-refractivity contribution in [3.05, 3.63) is 0 Å². The smallest absolute Gasteiger partial charge is 0.0897 e. The molecular formula is C14H29NO3. The van der Waals surface area contributed by atoms with Crippen molar-refractivity contribution in [3.63, 3.8) is 0 Å². The normalized spacial score (nSPS) is 25.2. The Hall–Kier alpha value is -0.160. The van der Waals surface area contributed by atoms with Crippen LogP contribution in [-0.2, 0) is 4.74 Å². The van der Waals surface area contributed by atoms with Crippen LogP contribution in [0.15, 0.2) is 0 Å². The van der Waals surface area contributed by atoms with Crippen molar-refractivity contribution in [3.8, 4) is 0 Å². The first-order valence-electron chi connectivity index (χ1n) is 7.22. The zero-order valence-corrected chi connectivity index (χ0v) is 11.8. The molecule has 0 radical (unpaired) electrons. The minimum Gasteiger partial charge on any atom is -0.393 e. The number of aliphatic hydroxyl groups is 2. The van der Waals surface area contributed by atoms with Gasteiger partial charge in [-0.2, -0.15) is 0 Å². The number of rotatable bonds is 10. The lowest BCUT2D eigenvalue weighted by molar-refractivity contribution is 0.0261. The first-order chi connectivity index (χ1) is 8.58. The van der Waals surface area contributed by atoms with Gasteiger partial charge in [0, 0.05) is 13.2 Å². The van der Waals surface area contributed by atoms with E-state index >= 15 is 0 Å². The molecule has 0 saturated heterocycles. The third-order valence-electron chi connectivity index (χ3n) is 3.40. The summed E-state index contributed by atoms with van der Waals surface area (Å²) in [5.74, 6) is 1.30. The third-order valence-corrected chi connectivity index (χ3v) is 3.40. The van der Waals surface area contributed by atoms with Crippen molar-refractivity contribution in [1.82, 2.24) is 5.32 Å². The van der Waals surface area contributed by atoms with E-state index in [0.717, 1.165) is 38.3 Å². The van der Waals surface area contributed by atoms with Gasteiger partial charge in [0.25, 0.3) is 0 Å². The third kappa shape index (κ3) is 7.31. The van der Waals surface area contributed by atoms with Gasteiger partial charge in [-0.1, -0.05) is 13.8 Å². The van der Waals surface area contributed by atoms with Gasteiger partial charge in [-0.25, -0.2) is 0 Å². The molecule has 0 bridgehead atoms. The number of nitrogens with one attached hydrogen (secondary N) is 1. The SMILES string of the molecule is CC(C)CCCOCC(O)CNCC1CC(O)C1. The van der Waals surface area contributed by atoms with E-state index in [1.54, 1.807) is 0 Å². The molecule has 0 heterocycles. The van der Waals surface area contributed by atoms with Crippen LogP contribution < -0.4 is 5.32 Å². The Morgan fingerprint density at radius 1 is 1.33 bits per heavy atom. The summed E-state index contributed by atoms with van der Waals surface area (Å²) >= 11 is 0. The number of hydrogen-bond donors (Lipinski definition) is 3. The standard InChI is InChI=1S/C14H29NO3/c1-11(2)4-3-5-18-10-14(17)9-15-8-12-6-13(16)7-12/h11-17H,3-10H2,1-2H3. The average Bonchev–Trinajstić information content (AvgIpc) is 2.25. The van der Waals surface area contributed by atoms with Gasteiger partial charge in [0.1, 0.15) is 0 Å². The monoisotopic (exact) mass is 259 g/mol. The predicted molar refractivity (Wildman–Crippen MR) is 72.5 cm³/mol. The van der Waals surface area contributed by atoms with Gasteiger partial charge in [-0.3, -0.25) is 0 Å². The molecule has 0 amide bonds. The van der Waals surface area contributed by atoms with Crippen LogP contribution in [0.25, 0.3) is 0 Å². The van der Waals surface area contributed by atoms with Crippen LogP contribution in [0.2, 0.25) is 0 Å². The van der Waals surface area contributed by atoms with Crippen LogP contribution in [0, 0.1) is 11.8 Å². The number of aliphatic hydroxyl groups excluding tert-OH is 2. The first-order valence-corrected chi connectivity index (χ1v) is 7.22. The molecule has 108 valence electrons. The average molecular weight is 259 g/mol. The molecule has 4 heteroatoms. The molecule has 1 aliphatic rings. The van der Waals surface area contributed by atoms with E-state index < -0.39 is 6.10 Å². The highest BCUT2D eigenvalue weighted by atomic mass is 16.5. The summed E-state index contributed by atoms with van der Waals surface area (Å²) in [5.41, 5.74) is 0. The van der Waals surface area contributed by atoms with Crippen molar-refractivity contribution in [2.24, 2.45) is 11.8 Å². The highest BCUT2D eigenvalue weighted by molar-refractivity contribution is 4.80. The fourth-order valence-corrected chi connectivity index (χ4v) is 2.19. The predicted octanol–water partition coefficient (Wildman–Crippen LogP) is 1.16. The van der Waals surface area contributed by atoms with E-state index in [4.69, 9.17) is 9.84 Å². The van der Waals surface area contributed by atoms with Crippen molar-refractivity contribution < 1.29 is 14.9 Å². The van der Waals surface area contributed by atoms with Crippen LogP contribution in [0.4, 0.5) is 0 Å². The molecule has 1 aliphatic carbocycles. The highest BCUT2D eigenvalue weighted by Gasteiger charge is 2.26. The molecule has 0 aromatic rings. The summed E-state index contributed by atoms with van der Waals surface area (Å²) in [7, 11) is 0. The molecule has 3 N–H and O–H groups in total. The summed E-state index contributed by atoms with van der Waals surface area (Å²) in [6.07, 6.45) is 3.53.